The second kappa shape index (κ2) is 12.0. The first-order valence-electron chi connectivity index (χ1n) is 11.7. The molecule has 0 atom stereocenters. The molecule has 1 aliphatic rings. The van der Waals surface area contributed by atoms with Crippen molar-refractivity contribution in [2.24, 2.45) is 0 Å². The summed E-state index contributed by atoms with van der Waals surface area (Å²) in [6.45, 7) is 4.52. The van der Waals surface area contributed by atoms with E-state index >= 15 is 0 Å². The largest absolute Gasteiger partial charge is 0.497 e. The van der Waals surface area contributed by atoms with Gasteiger partial charge in [-0.15, -0.1) is 11.3 Å². The highest BCUT2D eigenvalue weighted by molar-refractivity contribution is 7.80. The van der Waals surface area contributed by atoms with Crippen LogP contribution in [-0.4, -0.2) is 47.6 Å². The maximum atomic E-state index is 13.1. The highest BCUT2D eigenvalue weighted by atomic mass is 32.1. The van der Waals surface area contributed by atoms with E-state index in [1.807, 2.05) is 66.9 Å². The van der Waals surface area contributed by atoms with Crippen molar-refractivity contribution in [1.82, 2.24) is 15.2 Å². The predicted molar refractivity (Wildman–Crippen MR) is 147 cm³/mol. The number of rotatable bonds is 7. The molecule has 1 amide bonds. The van der Waals surface area contributed by atoms with Crippen molar-refractivity contribution >= 4 is 40.3 Å². The fourth-order valence-corrected chi connectivity index (χ4v) is 5.33. The number of ether oxygens (including phenoxy) is 1. The number of benzene rings is 2. The molecule has 182 valence electrons. The zero-order valence-corrected chi connectivity index (χ0v) is 21.6. The molecule has 1 fully saturated rings. The molecule has 1 aliphatic heterocycles. The second-order valence-corrected chi connectivity index (χ2v) is 9.60. The lowest BCUT2D eigenvalue weighted by Crippen LogP contribution is -2.43. The van der Waals surface area contributed by atoms with E-state index < -0.39 is 0 Å². The molecule has 0 saturated carbocycles. The molecule has 35 heavy (non-hydrogen) atoms. The van der Waals surface area contributed by atoms with Crippen LogP contribution in [0.15, 0.2) is 66.1 Å². The summed E-state index contributed by atoms with van der Waals surface area (Å²) in [5, 5.41) is 9.98. The molecule has 0 radical (unpaired) electrons. The van der Waals surface area contributed by atoms with Crippen LogP contribution in [0, 0.1) is 0 Å². The Balaban J connectivity index is 1.41. The number of likely N-dealkylation sites (tertiary alicyclic amines) is 1. The number of nitrogens with one attached hydrogen (secondary N) is 2. The minimum absolute atomic E-state index is 0.218. The summed E-state index contributed by atoms with van der Waals surface area (Å²) in [6.07, 6.45) is 5.99. The van der Waals surface area contributed by atoms with E-state index in [-0.39, 0.29) is 5.91 Å². The first kappa shape index (κ1) is 24.9. The second-order valence-electron chi connectivity index (χ2n) is 8.32. The topological polar surface area (TPSA) is 66.5 Å². The standard InChI is InChI=1S/C27H30N4O2S2/c1-3-4-14-28-27(34)31-15-12-20(13-16-31)26-30-24(18-35-26)25(32)29-23-17-21(33-2)10-11-22(23)19-8-6-5-7-9-19/h3-11,17-18,20H,12-16H2,1-2H3,(H,28,34)(H,29,32). The summed E-state index contributed by atoms with van der Waals surface area (Å²) in [4.78, 5) is 20.0. The highest BCUT2D eigenvalue weighted by Gasteiger charge is 2.25. The van der Waals surface area contributed by atoms with Gasteiger partial charge in [0.2, 0.25) is 0 Å². The van der Waals surface area contributed by atoms with Gasteiger partial charge >= 0.3 is 0 Å². The third kappa shape index (κ3) is 6.26. The van der Waals surface area contributed by atoms with Crippen molar-refractivity contribution in [2.45, 2.75) is 25.7 Å². The smallest absolute Gasteiger partial charge is 0.275 e. The minimum atomic E-state index is -0.218. The first-order valence-corrected chi connectivity index (χ1v) is 13.0. The van der Waals surface area contributed by atoms with E-state index in [4.69, 9.17) is 21.9 Å². The number of aromatic nitrogens is 1. The van der Waals surface area contributed by atoms with E-state index in [2.05, 4.69) is 21.6 Å². The Hall–Kier alpha value is -3.23. The molecule has 1 saturated heterocycles. The number of amides is 1. The van der Waals surface area contributed by atoms with Crippen molar-refractivity contribution < 1.29 is 9.53 Å². The molecule has 0 spiro atoms. The van der Waals surface area contributed by atoms with Crippen LogP contribution in [0.5, 0.6) is 5.75 Å². The fourth-order valence-electron chi connectivity index (χ4n) is 4.09. The Labute approximate surface area is 216 Å². The molecular weight excluding hydrogens is 476 g/mol. The van der Waals surface area contributed by atoms with Gasteiger partial charge in [-0.2, -0.15) is 0 Å². The lowest BCUT2D eigenvalue weighted by atomic mass is 9.98. The molecule has 2 aromatic carbocycles. The number of methoxy groups -OCH3 is 1. The molecule has 4 rings (SSSR count). The van der Waals surface area contributed by atoms with Gasteiger partial charge in [-0.25, -0.2) is 4.98 Å². The minimum Gasteiger partial charge on any atom is -0.497 e. The molecule has 2 N–H and O–H groups in total. The van der Waals surface area contributed by atoms with Crippen LogP contribution in [0.1, 0.15) is 41.2 Å². The lowest BCUT2D eigenvalue weighted by molar-refractivity contribution is 0.102. The van der Waals surface area contributed by atoms with Crippen LogP contribution in [-0.2, 0) is 0 Å². The average Bonchev–Trinajstić information content (AvgIpc) is 3.40. The van der Waals surface area contributed by atoms with Crippen LogP contribution in [0.2, 0.25) is 0 Å². The molecular formula is C27H30N4O2S2. The van der Waals surface area contributed by atoms with E-state index in [0.717, 1.165) is 53.7 Å². The molecule has 0 unspecified atom stereocenters. The summed E-state index contributed by atoms with van der Waals surface area (Å²) >= 11 is 7.07. The number of hydrogen-bond donors (Lipinski definition) is 2. The molecule has 1 aromatic heterocycles. The zero-order chi connectivity index (χ0) is 24.6. The predicted octanol–water partition coefficient (Wildman–Crippen LogP) is 5.70. The van der Waals surface area contributed by atoms with Gasteiger partial charge in [0.25, 0.3) is 5.91 Å². The summed E-state index contributed by atoms with van der Waals surface area (Å²) in [5.41, 5.74) is 3.09. The van der Waals surface area contributed by atoms with E-state index in [0.29, 0.717) is 23.0 Å². The maximum absolute atomic E-state index is 13.1. The molecule has 3 aromatic rings. The lowest BCUT2D eigenvalue weighted by Gasteiger charge is -2.33. The van der Waals surface area contributed by atoms with Crippen molar-refractivity contribution in [1.29, 1.82) is 0 Å². The van der Waals surface area contributed by atoms with Crippen LogP contribution in [0.3, 0.4) is 0 Å². The SMILES string of the molecule is CC=CCNC(=S)N1CCC(c2nc(C(=O)Nc3cc(OC)ccc3-c3ccccc3)cs2)CC1. The Morgan fingerprint density at radius 2 is 2.00 bits per heavy atom. The van der Waals surface area contributed by atoms with Crippen molar-refractivity contribution in [3.63, 3.8) is 0 Å². The fraction of sp³-hybridized carbons (Fsp3) is 0.296. The number of thiazole rings is 1. The number of thiocarbonyl (C=S) groups is 1. The van der Waals surface area contributed by atoms with Crippen LogP contribution in [0.25, 0.3) is 11.1 Å². The van der Waals surface area contributed by atoms with Crippen LogP contribution >= 0.6 is 23.6 Å². The van der Waals surface area contributed by atoms with Gasteiger partial charge in [-0.1, -0.05) is 42.5 Å². The Bertz CT molecular complexity index is 1180. The number of allylic oxidation sites excluding steroid dienone is 1. The Kier molecular flexibility index (Phi) is 8.50. The van der Waals surface area contributed by atoms with E-state index in [1.165, 1.54) is 0 Å². The normalized spacial score (nSPS) is 14.2. The number of piperidine rings is 1. The average molecular weight is 507 g/mol. The monoisotopic (exact) mass is 506 g/mol. The number of nitrogens with zero attached hydrogens (tertiary/aromatic N) is 2. The third-order valence-electron chi connectivity index (χ3n) is 6.05. The van der Waals surface area contributed by atoms with Crippen molar-refractivity contribution in [3.05, 3.63) is 76.8 Å². The summed E-state index contributed by atoms with van der Waals surface area (Å²) in [6, 6.07) is 15.7. The Morgan fingerprint density at radius 3 is 2.71 bits per heavy atom. The molecule has 0 aliphatic carbocycles. The van der Waals surface area contributed by atoms with E-state index in [1.54, 1.807) is 18.4 Å². The van der Waals surface area contributed by atoms with Crippen LogP contribution in [0.4, 0.5) is 5.69 Å². The van der Waals surface area contributed by atoms with Gasteiger partial charge in [0, 0.05) is 42.6 Å². The first-order chi connectivity index (χ1) is 17.1. The quantitative estimate of drug-likeness (QED) is 0.317. The number of carbonyl (C=O) groups excluding carboxylic acids is 1. The van der Waals surface area contributed by atoms with Crippen molar-refractivity contribution in [2.75, 3.05) is 32.1 Å². The third-order valence-corrected chi connectivity index (χ3v) is 7.46. The van der Waals surface area contributed by atoms with Gasteiger partial charge < -0.3 is 20.3 Å². The summed E-state index contributed by atoms with van der Waals surface area (Å²) < 4.78 is 5.38. The summed E-state index contributed by atoms with van der Waals surface area (Å²) in [7, 11) is 1.62. The van der Waals surface area contributed by atoms with Crippen molar-refractivity contribution in [3.8, 4) is 16.9 Å². The summed E-state index contributed by atoms with van der Waals surface area (Å²) in [5.74, 6) is 0.807. The van der Waals surface area contributed by atoms with Gasteiger partial charge in [0.05, 0.1) is 17.8 Å². The van der Waals surface area contributed by atoms with Crippen LogP contribution < -0.4 is 15.4 Å². The molecule has 8 heteroatoms. The molecule has 0 bridgehead atoms. The number of anilines is 1. The highest BCUT2D eigenvalue weighted by Crippen LogP contribution is 2.33. The maximum Gasteiger partial charge on any atom is 0.275 e. The Morgan fingerprint density at radius 1 is 1.23 bits per heavy atom. The number of hydrogen-bond acceptors (Lipinski definition) is 5. The van der Waals surface area contributed by atoms with Gasteiger partial charge in [-0.3, -0.25) is 4.79 Å². The van der Waals surface area contributed by atoms with Gasteiger partial charge in [0.15, 0.2) is 5.11 Å². The molecule has 2 heterocycles. The van der Waals surface area contributed by atoms with Gasteiger partial charge in [-0.05, 0) is 49.7 Å². The van der Waals surface area contributed by atoms with Gasteiger partial charge in [0.1, 0.15) is 11.4 Å². The number of carbonyl (C=O) groups is 1. The zero-order valence-electron chi connectivity index (χ0n) is 20.0. The molecule has 6 nitrogen and oxygen atoms in total. The van der Waals surface area contributed by atoms with E-state index in [9.17, 15) is 4.79 Å².